The van der Waals surface area contributed by atoms with Gasteiger partial charge in [-0.1, -0.05) is 0 Å². The molecular formula is C24H26Cl2N4O6. The van der Waals surface area contributed by atoms with Gasteiger partial charge in [0.2, 0.25) is 18.1 Å². The van der Waals surface area contributed by atoms with Crippen molar-refractivity contribution in [1.29, 1.82) is 0 Å². The number of rotatable bonds is 7. The molecule has 36 heavy (non-hydrogen) atoms. The van der Waals surface area contributed by atoms with Crippen LogP contribution in [0.4, 0.5) is 11.4 Å². The van der Waals surface area contributed by atoms with E-state index in [0.717, 1.165) is 0 Å². The monoisotopic (exact) mass is 536 g/mol. The summed E-state index contributed by atoms with van der Waals surface area (Å²) in [5, 5.41) is 5.24. The highest BCUT2D eigenvalue weighted by atomic mass is 35.5. The maximum absolute atomic E-state index is 11.7. The van der Waals surface area contributed by atoms with Gasteiger partial charge in [0.1, 0.15) is 29.8 Å². The van der Waals surface area contributed by atoms with E-state index >= 15 is 0 Å². The summed E-state index contributed by atoms with van der Waals surface area (Å²) in [7, 11) is 1.88. The number of anilines is 2. The van der Waals surface area contributed by atoms with Crippen molar-refractivity contribution in [3.8, 4) is 11.5 Å². The van der Waals surface area contributed by atoms with Gasteiger partial charge in [-0.15, -0.1) is 11.6 Å². The number of imidazole rings is 1. The Morgan fingerprint density at radius 3 is 1.64 bits per heavy atom. The second-order valence-electron chi connectivity index (χ2n) is 7.24. The molecule has 0 aliphatic carbocycles. The van der Waals surface area contributed by atoms with Crippen molar-refractivity contribution in [2.75, 3.05) is 16.5 Å². The van der Waals surface area contributed by atoms with Gasteiger partial charge in [-0.25, -0.2) is 13.9 Å². The number of aryl methyl sites for hydroxylation is 1. The van der Waals surface area contributed by atoms with Crippen molar-refractivity contribution in [3.05, 3.63) is 67.3 Å². The molecule has 0 aliphatic heterocycles. The van der Waals surface area contributed by atoms with Crippen LogP contribution in [0, 0.1) is 0 Å². The topological polar surface area (TPSA) is 120 Å². The lowest BCUT2D eigenvalue weighted by Gasteiger charge is -2.05. The first kappa shape index (κ1) is 30.1. The van der Waals surface area contributed by atoms with Crippen LogP contribution in [0.3, 0.4) is 0 Å². The fourth-order valence-electron chi connectivity index (χ4n) is 2.69. The van der Waals surface area contributed by atoms with Gasteiger partial charge in [-0.05, 0) is 48.5 Å². The van der Waals surface area contributed by atoms with E-state index in [1.807, 2.05) is 17.8 Å². The summed E-state index contributed by atoms with van der Waals surface area (Å²) in [5.74, 6) is -0.503. The molecule has 2 aromatic carbocycles. The minimum absolute atomic E-state index is 0. The summed E-state index contributed by atoms with van der Waals surface area (Å²) < 4.78 is 13.6. The predicted octanol–water partition coefficient (Wildman–Crippen LogP) is -0.330. The Balaban J connectivity index is 0.000000365. The summed E-state index contributed by atoms with van der Waals surface area (Å²) in [4.78, 5) is 44.1. The molecular weight excluding hydrogens is 511 g/mol. The van der Waals surface area contributed by atoms with Crippen molar-refractivity contribution < 1.29 is 45.6 Å². The van der Waals surface area contributed by atoms with Gasteiger partial charge in [0, 0.05) is 25.2 Å². The quantitative estimate of drug-likeness (QED) is 0.185. The summed E-state index contributed by atoms with van der Waals surface area (Å²) in [6, 6.07) is 13.1. The fraction of sp³-hybridized carbons (Fsp3) is 0.208. The molecule has 0 radical (unpaired) electrons. The third-order valence-corrected chi connectivity index (χ3v) is 4.28. The van der Waals surface area contributed by atoms with Crippen LogP contribution in [0.1, 0.15) is 13.8 Å². The molecule has 0 aliphatic rings. The van der Waals surface area contributed by atoms with Crippen LogP contribution >= 0.6 is 11.6 Å². The number of hydrogen-bond acceptors (Lipinski definition) is 6. The van der Waals surface area contributed by atoms with Crippen LogP contribution in [0.5, 0.6) is 11.5 Å². The number of benzene rings is 2. The van der Waals surface area contributed by atoms with Crippen LogP contribution in [0.2, 0.25) is 0 Å². The highest BCUT2D eigenvalue weighted by Gasteiger charge is 2.10. The molecule has 0 spiro atoms. The van der Waals surface area contributed by atoms with Crippen LogP contribution in [0.15, 0.2) is 67.3 Å². The zero-order valence-electron chi connectivity index (χ0n) is 19.9. The smallest absolute Gasteiger partial charge is 0.353 e. The van der Waals surface area contributed by atoms with Gasteiger partial charge in [-0.2, -0.15) is 0 Å². The molecule has 2 N–H and O–H groups in total. The lowest BCUT2D eigenvalue weighted by molar-refractivity contribution is -0.671. The minimum Gasteiger partial charge on any atom is -1.00 e. The number of amides is 2. The summed E-state index contributed by atoms with van der Waals surface area (Å²) >= 11 is 5.27. The van der Waals surface area contributed by atoms with E-state index in [9.17, 15) is 19.2 Å². The lowest BCUT2D eigenvalue weighted by Crippen LogP contribution is -3.00. The van der Waals surface area contributed by atoms with Gasteiger partial charge in [0.25, 0.3) is 0 Å². The van der Waals surface area contributed by atoms with Gasteiger partial charge in [-0.3, -0.25) is 14.4 Å². The number of carbonyl (C=O) groups is 4. The first-order valence-electron chi connectivity index (χ1n) is 10.4. The van der Waals surface area contributed by atoms with Crippen LogP contribution in [-0.4, -0.2) is 34.2 Å². The summed E-state index contributed by atoms with van der Waals surface area (Å²) in [6.45, 7) is 3.00. The maximum atomic E-state index is 11.7. The number of ether oxygens (including phenoxy) is 2. The number of aromatic nitrogens is 2. The van der Waals surface area contributed by atoms with E-state index in [1.54, 1.807) is 65.6 Å². The van der Waals surface area contributed by atoms with E-state index in [4.69, 9.17) is 21.1 Å². The molecule has 0 saturated heterocycles. The molecule has 1 aromatic heterocycles. The Morgan fingerprint density at radius 1 is 0.833 bits per heavy atom. The molecule has 192 valence electrons. The van der Waals surface area contributed by atoms with E-state index in [1.165, 1.54) is 13.8 Å². The average Bonchev–Trinajstić information content (AvgIpc) is 3.20. The van der Waals surface area contributed by atoms with Gasteiger partial charge in [0.05, 0.1) is 7.05 Å². The van der Waals surface area contributed by atoms with E-state index in [-0.39, 0.29) is 42.6 Å². The third-order valence-electron chi connectivity index (χ3n) is 4.06. The highest BCUT2D eigenvalue weighted by Crippen LogP contribution is 2.16. The normalized spacial score (nSPS) is 9.56. The van der Waals surface area contributed by atoms with Gasteiger partial charge in [0.15, 0.2) is 6.54 Å². The zero-order chi connectivity index (χ0) is 25.8. The highest BCUT2D eigenvalue weighted by molar-refractivity contribution is 6.26. The largest absolute Gasteiger partial charge is 1.00 e. The lowest BCUT2D eigenvalue weighted by atomic mass is 10.3. The predicted molar refractivity (Wildman–Crippen MR) is 129 cm³/mol. The summed E-state index contributed by atoms with van der Waals surface area (Å²) in [6.07, 6.45) is 5.43. The Morgan fingerprint density at radius 2 is 1.28 bits per heavy atom. The number of nitrogens with zero attached hydrogens (tertiary/aromatic N) is 2. The zero-order valence-corrected chi connectivity index (χ0v) is 21.4. The van der Waals surface area contributed by atoms with Crippen molar-refractivity contribution in [1.82, 2.24) is 4.57 Å². The van der Waals surface area contributed by atoms with Crippen molar-refractivity contribution in [2.45, 2.75) is 20.4 Å². The number of hydrogen-bond donors (Lipinski definition) is 2. The van der Waals surface area contributed by atoms with Crippen molar-refractivity contribution in [2.24, 2.45) is 7.05 Å². The maximum Gasteiger partial charge on any atom is 0.353 e. The second kappa shape index (κ2) is 15.2. The summed E-state index contributed by atoms with van der Waals surface area (Å²) in [5.41, 5.74) is 1.31. The van der Waals surface area contributed by atoms with Crippen LogP contribution < -0.4 is 37.1 Å². The number of carbonyl (C=O) groups excluding carboxylic acids is 4. The number of halogens is 2. The molecule has 0 bridgehead atoms. The second-order valence-corrected chi connectivity index (χ2v) is 7.51. The van der Waals surface area contributed by atoms with Gasteiger partial charge >= 0.3 is 11.9 Å². The number of esters is 2. The third kappa shape index (κ3) is 11.5. The number of alkyl halides is 1. The first-order chi connectivity index (χ1) is 16.6. The average molecular weight is 537 g/mol. The SMILES string of the molecule is CC(=O)Nc1ccc(OC(=O)CCl)cc1.CC(=O)Nc1ccc(OC(=O)Cn2cc[n+](C)c2)cc1.[Cl-]. The molecule has 3 aromatic rings. The Labute approximate surface area is 219 Å². The molecule has 2 amide bonds. The number of nitrogens with one attached hydrogen (secondary N) is 2. The Bertz CT molecular complexity index is 1160. The molecule has 12 heteroatoms. The van der Waals surface area contributed by atoms with Crippen LogP contribution in [0.25, 0.3) is 0 Å². The fourth-order valence-corrected chi connectivity index (χ4v) is 2.74. The standard InChI is InChI=1S/C14H15N3O3.C10H10ClNO3.ClH/c1-11(18)15-12-3-5-13(6-4-12)20-14(19)9-17-8-7-16(2)10-17;1-7(13)12-8-2-4-9(5-3-8)15-10(14)6-11;/h3-8,10H,9H2,1-2H3;2-5H,6H2,1H3,(H,12,13);1H. The van der Waals surface area contributed by atoms with Gasteiger partial charge < -0.3 is 32.5 Å². The molecule has 10 nitrogen and oxygen atoms in total. The van der Waals surface area contributed by atoms with Crippen molar-refractivity contribution >= 4 is 46.7 Å². The molecule has 0 atom stereocenters. The Hall–Kier alpha value is -3.89. The molecule has 0 fully saturated rings. The molecule has 3 rings (SSSR count). The van der Waals surface area contributed by atoms with Crippen molar-refractivity contribution in [3.63, 3.8) is 0 Å². The molecule has 0 unspecified atom stereocenters. The molecule has 0 saturated carbocycles. The minimum atomic E-state index is -0.510. The van der Waals surface area contributed by atoms with E-state index in [2.05, 4.69) is 10.6 Å². The molecule has 1 heterocycles. The van der Waals surface area contributed by atoms with Crippen LogP contribution in [-0.2, 0) is 32.8 Å². The Kier molecular flexibility index (Phi) is 12.7. The van der Waals surface area contributed by atoms with E-state index < -0.39 is 5.97 Å². The first-order valence-corrected chi connectivity index (χ1v) is 10.9. The van der Waals surface area contributed by atoms with E-state index in [0.29, 0.717) is 22.9 Å².